The average molecular weight is 396 g/mol. The number of benzene rings is 1. The Morgan fingerprint density at radius 2 is 1.62 bits per heavy atom. The van der Waals surface area contributed by atoms with Gasteiger partial charge in [-0.15, -0.1) is 0 Å². The van der Waals surface area contributed by atoms with E-state index in [9.17, 15) is 14.4 Å². The fourth-order valence-corrected chi connectivity index (χ4v) is 3.09. The maximum Gasteiger partial charge on any atom is 0.257 e. The van der Waals surface area contributed by atoms with Crippen LogP contribution in [0.2, 0.25) is 0 Å². The van der Waals surface area contributed by atoms with Gasteiger partial charge in [-0.25, -0.2) is 0 Å². The number of carbonyl (C=O) groups excluding carboxylic acids is 3. The second-order valence-corrected chi connectivity index (χ2v) is 6.67. The molecule has 3 amide bonds. The number of carbonyl (C=O) groups is 3. The lowest BCUT2D eigenvalue weighted by molar-refractivity contribution is -0.130. The van der Waals surface area contributed by atoms with Gasteiger partial charge in [0, 0.05) is 51.2 Å². The molecule has 8 nitrogen and oxygen atoms in total. The largest absolute Gasteiger partial charge is 0.494 e. The third-order valence-corrected chi connectivity index (χ3v) is 4.68. The molecule has 0 saturated carbocycles. The molecule has 3 rings (SSSR count). The molecule has 1 aliphatic heterocycles. The predicted molar refractivity (Wildman–Crippen MR) is 108 cm³/mol. The molecule has 8 heteroatoms. The van der Waals surface area contributed by atoms with E-state index in [1.54, 1.807) is 34.1 Å². The van der Waals surface area contributed by atoms with Crippen LogP contribution in [0.15, 0.2) is 42.7 Å². The molecule has 1 aliphatic rings. The van der Waals surface area contributed by atoms with Gasteiger partial charge in [0.15, 0.2) is 0 Å². The highest BCUT2D eigenvalue weighted by molar-refractivity contribution is 6.05. The number of anilines is 1. The minimum Gasteiger partial charge on any atom is -0.494 e. The summed E-state index contributed by atoms with van der Waals surface area (Å²) in [5.41, 5.74) is 1.27. The Morgan fingerprint density at radius 3 is 2.24 bits per heavy atom. The molecule has 0 spiro atoms. The molecular formula is C21H24N4O4. The van der Waals surface area contributed by atoms with E-state index in [0.29, 0.717) is 49.6 Å². The number of nitrogens with one attached hydrogen (secondary N) is 1. The second-order valence-electron chi connectivity index (χ2n) is 6.67. The van der Waals surface area contributed by atoms with Crippen LogP contribution in [0.25, 0.3) is 0 Å². The molecule has 1 aromatic carbocycles. The molecule has 1 fully saturated rings. The third-order valence-electron chi connectivity index (χ3n) is 4.68. The Morgan fingerprint density at radius 1 is 1.00 bits per heavy atom. The molecule has 29 heavy (non-hydrogen) atoms. The van der Waals surface area contributed by atoms with Gasteiger partial charge in [-0.3, -0.25) is 19.4 Å². The molecule has 1 aromatic heterocycles. The Kier molecular flexibility index (Phi) is 6.43. The zero-order valence-corrected chi connectivity index (χ0v) is 16.6. The molecule has 2 heterocycles. The van der Waals surface area contributed by atoms with Crippen molar-refractivity contribution in [3.63, 3.8) is 0 Å². The number of piperazine rings is 1. The van der Waals surface area contributed by atoms with Crippen molar-refractivity contribution in [3.05, 3.63) is 53.9 Å². The van der Waals surface area contributed by atoms with Gasteiger partial charge in [0.25, 0.3) is 11.8 Å². The fourth-order valence-electron chi connectivity index (χ4n) is 3.09. The minimum atomic E-state index is -0.349. The summed E-state index contributed by atoms with van der Waals surface area (Å²) in [6.45, 7) is 5.93. The average Bonchev–Trinajstić information content (AvgIpc) is 2.75. The number of hydrogen-bond donors (Lipinski definition) is 1. The van der Waals surface area contributed by atoms with Crippen molar-refractivity contribution in [2.75, 3.05) is 38.1 Å². The van der Waals surface area contributed by atoms with Gasteiger partial charge in [0.05, 0.1) is 17.7 Å². The van der Waals surface area contributed by atoms with Gasteiger partial charge in [-0.05, 0) is 37.3 Å². The van der Waals surface area contributed by atoms with Gasteiger partial charge in [0.1, 0.15) is 5.75 Å². The highest BCUT2D eigenvalue weighted by Gasteiger charge is 2.24. The van der Waals surface area contributed by atoms with E-state index in [2.05, 4.69) is 10.3 Å². The first kappa shape index (κ1) is 20.3. The number of hydrogen-bond acceptors (Lipinski definition) is 5. The first-order valence-corrected chi connectivity index (χ1v) is 9.52. The van der Waals surface area contributed by atoms with Crippen LogP contribution in [-0.2, 0) is 4.79 Å². The number of rotatable bonds is 5. The van der Waals surface area contributed by atoms with Crippen molar-refractivity contribution < 1.29 is 19.1 Å². The monoisotopic (exact) mass is 396 g/mol. The summed E-state index contributed by atoms with van der Waals surface area (Å²) in [4.78, 5) is 44.1. The van der Waals surface area contributed by atoms with Crippen LogP contribution in [0, 0.1) is 0 Å². The van der Waals surface area contributed by atoms with Crippen LogP contribution in [0.1, 0.15) is 34.6 Å². The van der Waals surface area contributed by atoms with Crippen LogP contribution < -0.4 is 10.1 Å². The lowest BCUT2D eigenvalue weighted by Gasteiger charge is -2.34. The maximum absolute atomic E-state index is 12.7. The van der Waals surface area contributed by atoms with Crippen LogP contribution in [-0.4, -0.2) is 65.3 Å². The number of pyridine rings is 1. The second kappa shape index (κ2) is 9.18. The summed E-state index contributed by atoms with van der Waals surface area (Å²) in [5, 5.41) is 2.79. The van der Waals surface area contributed by atoms with Gasteiger partial charge in [0.2, 0.25) is 5.91 Å². The molecule has 0 bridgehead atoms. The smallest absolute Gasteiger partial charge is 0.257 e. The first-order chi connectivity index (χ1) is 14.0. The SMILES string of the molecule is CCOc1ccc(NC(=O)c2cncc(C(=O)N3CCN(C(C)=O)CC3)c2)cc1. The van der Waals surface area contributed by atoms with Crippen molar-refractivity contribution in [2.45, 2.75) is 13.8 Å². The molecule has 152 valence electrons. The van der Waals surface area contributed by atoms with Gasteiger partial charge in [-0.1, -0.05) is 0 Å². The zero-order valence-electron chi connectivity index (χ0n) is 16.6. The summed E-state index contributed by atoms with van der Waals surface area (Å²) < 4.78 is 5.38. The van der Waals surface area contributed by atoms with Crippen molar-refractivity contribution in [2.24, 2.45) is 0 Å². The van der Waals surface area contributed by atoms with Crippen LogP contribution in [0.5, 0.6) is 5.75 Å². The summed E-state index contributed by atoms with van der Waals surface area (Å²) in [6.07, 6.45) is 2.88. The molecule has 0 radical (unpaired) electrons. The normalized spacial score (nSPS) is 13.7. The summed E-state index contributed by atoms with van der Waals surface area (Å²) in [6, 6.07) is 8.59. The number of nitrogens with zero attached hydrogens (tertiary/aromatic N) is 3. The van der Waals surface area contributed by atoms with Crippen molar-refractivity contribution in [1.29, 1.82) is 0 Å². The van der Waals surface area contributed by atoms with Gasteiger partial charge in [-0.2, -0.15) is 0 Å². The standard InChI is InChI=1S/C21H24N4O4/c1-3-29-19-6-4-18(5-7-19)23-20(27)16-12-17(14-22-13-16)21(28)25-10-8-24(9-11-25)15(2)26/h4-7,12-14H,3,8-11H2,1-2H3,(H,23,27). The first-order valence-electron chi connectivity index (χ1n) is 9.52. The van der Waals surface area contributed by atoms with E-state index in [1.165, 1.54) is 25.4 Å². The van der Waals surface area contributed by atoms with Crippen molar-refractivity contribution in [1.82, 2.24) is 14.8 Å². The molecule has 0 aliphatic carbocycles. The van der Waals surface area contributed by atoms with Crippen LogP contribution >= 0.6 is 0 Å². The Bertz CT molecular complexity index is 890. The van der Waals surface area contributed by atoms with E-state index in [-0.39, 0.29) is 17.7 Å². The lowest BCUT2D eigenvalue weighted by atomic mass is 10.1. The summed E-state index contributed by atoms with van der Waals surface area (Å²) in [5.74, 6) is 0.186. The third kappa shape index (κ3) is 5.10. The van der Waals surface area contributed by atoms with E-state index in [1.807, 2.05) is 6.92 Å². The minimum absolute atomic E-state index is 0.00623. The molecule has 0 atom stereocenters. The number of amides is 3. The molecule has 1 N–H and O–H groups in total. The number of ether oxygens (including phenoxy) is 1. The number of aromatic nitrogens is 1. The highest BCUT2D eigenvalue weighted by Crippen LogP contribution is 2.17. The van der Waals surface area contributed by atoms with E-state index in [0.717, 1.165) is 5.75 Å². The van der Waals surface area contributed by atoms with Crippen LogP contribution in [0.4, 0.5) is 5.69 Å². The van der Waals surface area contributed by atoms with Crippen molar-refractivity contribution in [3.8, 4) is 5.75 Å². The van der Waals surface area contributed by atoms with Gasteiger partial charge >= 0.3 is 0 Å². The summed E-state index contributed by atoms with van der Waals surface area (Å²) >= 11 is 0. The molecule has 1 saturated heterocycles. The Labute approximate surface area is 169 Å². The Hall–Kier alpha value is -3.42. The topological polar surface area (TPSA) is 91.8 Å². The quantitative estimate of drug-likeness (QED) is 0.835. The van der Waals surface area contributed by atoms with E-state index >= 15 is 0 Å². The fraction of sp³-hybridized carbons (Fsp3) is 0.333. The van der Waals surface area contributed by atoms with Gasteiger partial charge < -0.3 is 19.9 Å². The predicted octanol–water partition coefficient (Wildman–Crippen LogP) is 2.04. The highest BCUT2D eigenvalue weighted by atomic mass is 16.5. The van der Waals surface area contributed by atoms with Crippen LogP contribution in [0.3, 0.4) is 0 Å². The van der Waals surface area contributed by atoms with E-state index in [4.69, 9.17) is 4.74 Å². The Balaban J connectivity index is 1.64. The lowest BCUT2D eigenvalue weighted by Crippen LogP contribution is -2.50. The summed E-state index contributed by atoms with van der Waals surface area (Å²) in [7, 11) is 0. The molecular weight excluding hydrogens is 372 g/mol. The molecule has 0 unspecified atom stereocenters. The molecule has 2 aromatic rings. The van der Waals surface area contributed by atoms with Crippen molar-refractivity contribution >= 4 is 23.4 Å². The maximum atomic E-state index is 12.7. The zero-order chi connectivity index (χ0) is 20.8. The van der Waals surface area contributed by atoms with E-state index < -0.39 is 0 Å².